The average Bonchev–Trinajstić information content (AvgIpc) is 0.849. The number of nitrogens with zero attached hydrogens (tertiary/aromatic N) is 4. The summed E-state index contributed by atoms with van der Waals surface area (Å²) in [5.41, 5.74) is 28.5. The van der Waals surface area contributed by atoms with Gasteiger partial charge in [-0.2, -0.15) is 0 Å². The molecule has 90 heavy (non-hydrogen) atoms. The molecule has 14 aromatic carbocycles. The molecule has 0 amide bonds. The van der Waals surface area contributed by atoms with Gasteiger partial charge >= 0.3 is 0 Å². The molecular weight excluding hydrogens is 1090 g/mol. The molecule has 0 atom stereocenters. The van der Waals surface area contributed by atoms with E-state index in [-0.39, 0.29) is 6.71 Å². The first-order valence-electron chi connectivity index (χ1n) is 31.1. The summed E-state index contributed by atoms with van der Waals surface area (Å²) in [7, 11) is 0. The van der Waals surface area contributed by atoms with Crippen molar-refractivity contribution in [1.82, 2.24) is 8.97 Å². The molecule has 5 nitrogen and oxygen atoms in total. The van der Waals surface area contributed by atoms with Crippen LogP contribution in [0.4, 0.5) is 34.1 Å². The molecule has 0 unspecified atom stereocenters. The van der Waals surface area contributed by atoms with Crippen molar-refractivity contribution in [2.45, 2.75) is 0 Å². The van der Waals surface area contributed by atoms with Gasteiger partial charge in [0, 0.05) is 82.7 Å². The molecule has 20 rings (SSSR count). The van der Waals surface area contributed by atoms with Crippen molar-refractivity contribution in [2.24, 2.45) is 0 Å². The fraction of sp³-hybridized carbons (Fsp3) is 0. The number of rotatable bonds is 7. The molecular formula is C84H51BN4O. The largest absolute Gasteiger partial charge is 0.456 e. The Morgan fingerprint density at radius 1 is 0.256 bits per heavy atom. The lowest BCUT2D eigenvalue weighted by Crippen LogP contribution is -2.61. The van der Waals surface area contributed by atoms with E-state index in [2.05, 4.69) is 328 Å². The number of anilines is 6. The van der Waals surface area contributed by atoms with E-state index in [9.17, 15) is 0 Å². The van der Waals surface area contributed by atoms with Gasteiger partial charge < -0.3 is 23.2 Å². The molecule has 4 aromatic heterocycles. The number of benzene rings is 14. The van der Waals surface area contributed by atoms with Crippen LogP contribution in [0.15, 0.2) is 314 Å². The molecule has 0 saturated carbocycles. The Balaban J connectivity index is 0.918. The Kier molecular flexibility index (Phi) is 10.3. The van der Waals surface area contributed by atoms with Crippen molar-refractivity contribution in [3.8, 4) is 50.2 Å². The van der Waals surface area contributed by atoms with E-state index < -0.39 is 0 Å². The summed E-state index contributed by atoms with van der Waals surface area (Å²) in [6, 6.07) is 115. The van der Waals surface area contributed by atoms with Gasteiger partial charge in [0.05, 0.1) is 39.0 Å². The first-order chi connectivity index (χ1) is 44.7. The fourth-order valence-electron chi connectivity index (χ4n) is 15.8. The second-order valence-electron chi connectivity index (χ2n) is 24.3. The van der Waals surface area contributed by atoms with Crippen LogP contribution < -0.4 is 26.2 Å². The smallest absolute Gasteiger partial charge is 0.252 e. The zero-order valence-electron chi connectivity index (χ0n) is 48.7. The lowest BCUT2D eigenvalue weighted by Gasteiger charge is -2.45. The van der Waals surface area contributed by atoms with Crippen molar-refractivity contribution in [3.63, 3.8) is 0 Å². The van der Waals surface area contributed by atoms with Crippen LogP contribution in [0.2, 0.25) is 0 Å². The van der Waals surface area contributed by atoms with Gasteiger partial charge in [-0.05, 0) is 147 Å². The van der Waals surface area contributed by atoms with Crippen LogP contribution in [0.5, 0.6) is 0 Å². The lowest BCUT2D eigenvalue weighted by molar-refractivity contribution is 0.669. The normalized spacial score (nSPS) is 12.8. The Morgan fingerprint density at radius 3 is 1.28 bits per heavy atom. The SMILES string of the molecule is c1ccc(-c2ccccc2N2c3cc(-c4cc5c6ccccc6n6c7ccccc7c(c4)c56)ccc3B3c4ccc(-n5c6ccccc6c6ccccc65)cc4N(c4ccccc4-c4ccccc4)c4cc(-c5ccc6oc7ccccc7c6c5)cc2c43)cc1. The van der Waals surface area contributed by atoms with Crippen LogP contribution in [0.25, 0.3) is 132 Å². The number of hydrogen-bond donors (Lipinski definition) is 0. The molecule has 0 aliphatic carbocycles. The van der Waals surface area contributed by atoms with E-state index in [1.54, 1.807) is 0 Å². The third kappa shape index (κ3) is 6.98. The minimum absolute atomic E-state index is 0.180. The highest BCUT2D eigenvalue weighted by Crippen LogP contribution is 2.52. The van der Waals surface area contributed by atoms with Crippen LogP contribution in [0, 0.1) is 0 Å². The van der Waals surface area contributed by atoms with E-state index in [1.807, 2.05) is 0 Å². The Morgan fingerprint density at radius 2 is 0.678 bits per heavy atom. The zero-order chi connectivity index (χ0) is 58.7. The number of hydrogen-bond acceptors (Lipinski definition) is 3. The van der Waals surface area contributed by atoms with E-state index >= 15 is 0 Å². The second kappa shape index (κ2) is 18.8. The van der Waals surface area contributed by atoms with E-state index in [0.717, 1.165) is 101 Å². The highest BCUT2D eigenvalue weighted by Gasteiger charge is 2.45. The predicted molar refractivity (Wildman–Crippen MR) is 378 cm³/mol. The van der Waals surface area contributed by atoms with Crippen LogP contribution in [-0.4, -0.2) is 15.7 Å². The monoisotopic (exact) mass is 1140 g/mol. The van der Waals surface area contributed by atoms with Crippen molar-refractivity contribution < 1.29 is 4.42 Å². The quantitative estimate of drug-likeness (QED) is 0.149. The van der Waals surface area contributed by atoms with Crippen molar-refractivity contribution in [1.29, 1.82) is 0 Å². The fourth-order valence-corrected chi connectivity index (χ4v) is 15.8. The van der Waals surface area contributed by atoms with Crippen LogP contribution >= 0.6 is 0 Å². The summed E-state index contributed by atoms with van der Waals surface area (Å²) in [5, 5.41) is 9.69. The molecule has 2 aliphatic rings. The van der Waals surface area contributed by atoms with E-state index in [1.165, 1.54) is 81.9 Å². The molecule has 0 fully saturated rings. The molecule has 0 radical (unpaired) electrons. The lowest BCUT2D eigenvalue weighted by atomic mass is 9.33. The maximum atomic E-state index is 6.54. The molecule has 6 heterocycles. The molecule has 0 spiro atoms. The Labute approximate surface area is 518 Å². The van der Waals surface area contributed by atoms with Gasteiger partial charge in [-0.25, -0.2) is 0 Å². The van der Waals surface area contributed by atoms with Gasteiger partial charge in [-0.15, -0.1) is 0 Å². The van der Waals surface area contributed by atoms with Crippen molar-refractivity contribution >= 4 is 139 Å². The third-order valence-electron chi connectivity index (χ3n) is 19.6. The molecule has 0 bridgehead atoms. The first kappa shape index (κ1) is 49.3. The topological polar surface area (TPSA) is 29.0 Å². The van der Waals surface area contributed by atoms with E-state index in [0.29, 0.717) is 0 Å². The summed E-state index contributed by atoms with van der Waals surface area (Å²) in [4.78, 5) is 5.22. The minimum Gasteiger partial charge on any atom is -0.456 e. The summed E-state index contributed by atoms with van der Waals surface area (Å²) in [6.07, 6.45) is 0. The van der Waals surface area contributed by atoms with Gasteiger partial charge in [-0.1, -0.05) is 212 Å². The predicted octanol–water partition coefficient (Wildman–Crippen LogP) is 20.6. The summed E-state index contributed by atoms with van der Waals surface area (Å²) in [6.45, 7) is -0.180. The highest BCUT2D eigenvalue weighted by molar-refractivity contribution is 7.00. The van der Waals surface area contributed by atoms with Gasteiger partial charge in [0.15, 0.2) is 0 Å². The van der Waals surface area contributed by atoms with Crippen molar-refractivity contribution in [2.75, 3.05) is 9.80 Å². The number of aromatic nitrogens is 2. The average molecular weight is 1140 g/mol. The van der Waals surface area contributed by atoms with Crippen molar-refractivity contribution in [3.05, 3.63) is 309 Å². The van der Waals surface area contributed by atoms with Gasteiger partial charge in [-0.3, -0.25) is 0 Å². The van der Waals surface area contributed by atoms with Crippen LogP contribution in [-0.2, 0) is 0 Å². The van der Waals surface area contributed by atoms with Crippen LogP contribution in [0.3, 0.4) is 0 Å². The zero-order valence-corrected chi connectivity index (χ0v) is 48.7. The minimum atomic E-state index is -0.180. The Hall–Kier alpha value is -11.9. The summed E-state index contributed by atoms with van der Waals surface area (Å²) >= 11 is 0. The van der Waals surface area contributed by atoms with Gasteiger partial charge in [0.2, 0.25) is 0 Å². The first-order valence-corrected chi connectivity index (χ1v) is 31.1. The molecule has 2 aliphatic heterocycles. The summed E-state index contributed by atoms with van der Waals surface area (Å²) < 4.78 is 11.5. The summed E-state index contributed by atoms with van der Waals surface area (Å²) in [5.74, 6) is 0. The maximum Gasteiger partial charge on any atom is 0.252 e. The van der Waals surface area contributed by atoms with Crippen LogP contribution in [0.1, 0.15) is 0 Å². The standard InChI is InChI=1S/C84H51BN4O/c1-3-21-52(22-4-1)59-25-7-14-32-71(59)87-77-48-55(56-46-67-63-29-11-18-36-75(63)89-76-37-19-12-30-64(76)68(47-56)84(67)89)39-42-69(77)85-70-43-41-58(86-73-34-16-9-27-61(73)62-28-10-17-35-74(62)86)51-78(70)88(72-33-15-8-26-60(72)53-23-5-2-6-24-53)80-50-57(49-79(87)83(80)85)54-40-44-82-66(45-54)65-31-13-20-38-81(65)90-82/h1-51H. The van der Waals surface area contributed by atoms with Gasteiger partial charge in [0.25, 0.3) is 6.71 Å². The molecule has 6 heteroatoms. The second-order valence-corrected chi connectivity index (χ2v) is 24.3. The third-order valence-corrected chi connectivity index (χ3v) is 19.6. The number of para-hydroxylation sites is 7. The maximum absolute atomic E-state index is 6.54. The number of furan rings is 1. The highest BCUT2D eigenvalue weighted by atomic mass is 16.3. The molecule has 0 saturated heterocycles. The number of fused-ring (bicyclic) bond motifs is 16. The molecule has 18 aromatic rings. The molecule has 416 valence electrons. The van der Waals surface area contributed by atoms with E-state index in [4.69, 9.17) is 4.42 Å². The Bertz CT molecular complexity index is 5880. The van der Waals surface area contributed by atoms with Gasteiger partial charge in [0.1, 0.15) is 11.2 Å². The molecule has 0 N–H and O–H groups in total.